The molecule has 4 heteroatoms. The van der Waals surface area contributed by atoms with Gasteiger partial charge >= 0.3 is 5.97 Å². The lowest BCUT2D eigenvalue weighted by atomic mass is 10.1. The fourth-order valence-electron chi connectivity index (χ4n) is 1.70. The molecule has 0 aromatic heterocycles. The molecule has 94 valence electrons. The molecule has 0 saturated heterocycles. The first kappa shape index (κ1) is 13.7. The van der Waals surface area contributed by atoms with Crippen LogP contribution in [0.4, 0.5) is 0 Å². The first-order valence-electron chi connectivity index (χ1n) is 5.70. The number of hydrogen-bond acceptors (Lipinski definition) is 4. The summed E-state index contributed by atoms with van der Waals surface area (Å²) < 4.78 is 4.83. The molecule has 0 heterocycles. The predicted molar refractivity (Wildman–Crippen MR) is 64.3 cm³/mol. The molecule has 4 nitrogen and oxygen atoms in total. The van der Waals surface area contributed by atoms with Crippen LogP contribution in [0.3, 0.4) is 0 Å². The molecule has 0 aromatic rings. The highest BCUT2D eigenvalue weighted by Gasteiger charge is 2.09. The molecule has 0 aromatic carbocycles. The van der Waals surface area contributed by atoms with Gasteiger partial charge in [0.05, 0.1) is 19.8 Å². The van der Waals surface area contributed by atoms with Crippen molar-refractivity contribution >= 4 is 5.97 Å². The van der Waals surface area contributed by atoms with E-state index in [2.05, 4.69) is 0 Å². The number of aliphatic hydroxyl groups is 2. The summed E-state index contributed by atoms with van der Waals surface area (Å²) in [6, 6.07) is 0. The summed E-state index contributed by atoms with van der Waals surface area (Å²) >= 11 is 0. The van der Waals surface area contributed by atoms with E-state index in [0.29, 0.717) is 18.6 Å². The van der Waals surface area contributed by atoms with E-state index in [1.807, 2.05) is 6.08 Å². The Morgan fingerprint density at radius 3 is 2.71 bits per heavy atom. The summed E-state index contributed by atoms with van der Waals surface area (Å²) in [5.74, 6) is -0.372. The zero-order valence-corrected chi connectivity index (χ0v) is 9.98. The van der Waals surface area contributed by atoms with Crippen molar-refractivity contribution in [3.63, 3.8) is 0 Å². The third-order valence-electron chi connectivity index (χ3n) is 2.53. The van der Waals surface area contributed by atoms with Crippen molar-refractivity contribution in [1.82, 2.24) is 0 Å². The second kappa shape index (κ2) is 7.04. The van der Waals surface area contributed by atoms with Gasteiger partial charge in [0.25, 0.3) is 0 Å². The highest BCUT2D eigenvalue weighted by atomic mass is 16.5. The van der Waals surface area contributed by atoms with Crippen molar-refractivity contribution in [1.29, 1.82) is 0 Å². The molecule has 1 rings (SSSR count). The van der Waals surface area contributed by atoms with E-state index in [-0.39, 0.29) is 19.2 Å². The second-order valence-electron chi connectivity index (χ2n) is 3.73. The van der Waals surface area contributed by atoms with Crippen LogP contribution in [0.5, 0.6) is 0 Å². The first-order chi connectivity index (χ1) is 8.21. The third-order valence-corrected chi connectivity index (χ3v) is 2.53. The fourth-order valence-corrected chi connectivity index (χ4v) is 1.70. The lowest BCUT2D eigenvalue weighted by Crippen LogP contribution is -2.02. The van der Waals surface area contributed by atoms with E-state index in [9.17, 15) is 9.90 Å². The van der Waals surface area contributed by atoms with Gasteiger partial charge in [-0.2, -0.15) is 0 Å². The van der Waals surface area contributed by atoms with Gasteiger partial charge in [-0.15, -0.1) is 0 Å². The molecule has 1 aliphatic rings. The van der Waals surface area contributed by atoms with Gasteiger partial charge in [-0.05, 0) is 36.5 Å². The van der Waals surface area contributed by atoms with E-state index in [4.69, 9.17) is 9.84 Å². The van der Waals surface area contributed by atoms with Gasteiger partial charge in [-0.3, -0.25) is 0 Å². The zero-order valence-electron chi connectivity index (χ0n) is 9.98. The van der Waals surface area contributed by atoms with Crippen molar-refractivity contribution in [3.8, 4) is 0 Å². The van der Waals surface area contributed by atoms with Crippen LogP contribution in [0.15, 0.2) is 34.9 Å². The number of esters is 1. The lowest BCUT2D eigenvalue weighted by molar-refractivity contribution is -0.137. The number of rotatable bonds is 4. The lowest BCUT2D eigenvalue weighted by Gasteiger charge is -2.05. The number of aliphatic hydroxyl groups excluding tert-OH is 2. The number of carbonyl (C=O) groups excluding carboxylic acids is 1. The predicted octanol–water partition coefficient (Wildman–Crippen LogP) is 1.11. The average Bonchev–Trinajstić information content (AvgIpc) is 2.50. The summed E-state index contributed by atoms with van der Waals surface area (Å²) in [5, 5.41) is 18.3. The van der Waals surface area contributed by atoms with Gasteiger partial charge in [0.2, 0.25) is 0 Å². The Morgan fingerprint density at radius 1 is 1.41 bits per heavy atom. The average molecular weight is 238 g/mol. The molecule has 0 radical (unpaired) electrons. The first-order valence-corrected chi connectivity index (χ1v) is 5.70. The van der Waals surface area contributed by atoms with Crippen LogP contribution < -0.4 is 0 Å². The van der Waals surface area contributed by atoms with Crippen molar-refractivity contribution in [2.24, 2.45) is 0 Å². The molecular weight excluding hydrogens is 220 g/mol. The Bertz CT molecular complexity index is 364. The third kappa shape index (κ3) is 4.17. The van der Waals surface area contributed by atoms with E-state index in [1.54, 1.807) is 13.0 Å². The minimum Gasteiger partial charge on any atom is -0.463 e. The minimum atomic E-state index is -0.372. The van der Waals surface area contributed by atoms with Crippen LogP contribution in [0.1, 0.15) is 19.8 Å². The molecule has 0 fully saturated rings. The van der Waals surface area contributed by atoms with Crippen LogP contribution in [-0.2, 0) is 9.53 Å². The Morgan fingerprint density at radius 2 is 2.12 bits per heavy atom. The van der Waals surface area contributed by atoms with Gasteiger partial charge in [0, 0.05) is 6.08 Å². The molecule has 0 saturated carbocycles. The zero-order chi connectivity index (χ0) is 12.7. The van der Waals surface area contributed by atoms with Crippen molar-refractivity contribution in [2.45, 2.75) is 19.8 Å². The molecule has 0 aliphatic heterocycles. The second-order valence-corrected chi connectivity index (χ2v) is 3.73. The van der Waals surface area contributed by atoms with E-state index in [0.717, 1.165) is 17.6 Å². The summed E-state index contributed by atoms with van der Waals surface area (Å²) in [6.45, 7) is 1.86. The molecule has 0 bridgehead atoms. The summed E-state index contributed by atoms with van der Waals surface area (Å²) in [4.78, 5) is 11.3. The van der Waals surface area contributed by atoms with Crippen LogP contribution in [-0.4, -0.2) is 36.0 Å². The monoisotopic (exact) mass is 238 g/mol. The number of allylic oxidation sites excluding steroid dienone is 3. The summed E-state index contributed by atoms with van der Waals surface area (Å²) in [6.07, 6.45) is 6.50. The van der Waals surface area contributed by atoms with Crippen LogP contribution in [0.2, 0.25) is 0 Å². The van der Waals surface area contributed by atoms with Gasteiger partial charge in [-0.25, -0.2) is 4.79 Å². The van der Waals surface area contributed by atoms with Gasteiger partial charge in [0.1, 0.15) is 0 Å². The number of hydrogen-bond donors (Lipinski definition) is 2. The topological polar surface area (TPSA) is 66.8 Å². The smallest absolute Gasteiger partial charge is 0.331 e. The van der Waals surface area contributed by atoms with Crippen molar-refractivity contribution < 1.29 is 19.7 Å². The van der Waals surface area contributed by atoms with E-state index >= 15 is 0 Å². The van der Waals surface area contributed by atoms with E-state index < -0.39 is 0 Å². The molecule has 0 unspecified atom stereocenters. The summed E-state index contributed by atoms with van der Waals surface area (Å²) in [5.41, 5.74) is 2.19. The Labute approximate surface area is 101 Å². The van der Waals surface area contributed by atoms with Gasteiger partial charge < -0.3 is 14.9 Å². The normalized spacial score (nSPS) is 18.4. The quantitative estimate of drug-likeness (QED) is 0.568. The largest absolute Gasteiger partial charge is 0.463 e. The number of ether oxygens (including phenoxy) is 1. The van der Waals surface area contributed by atoms with Crippen molar-refractivity contribution in [3.05, 3.63) is 34.9 Å². The molecule has 2 N–H and O–H groups in total. The minimum absolute atomic E-state index is 0.0981. The molecular formula is C13H18O4. The van der Waals surface area contributed by atoms with Crippen molar-refractivity contribution in [2.75, 3.05) is 19.8 Å². The highest BCUT2D eigenvalue weighted by Crippen LogP contribution is 2.21. The maximum absolute atomic E-state index is 11.3. The van der Waals surface area contributed by atoms with Crippen LogP contribution >= 0.6 is 0 Å². The van der Waals surface area contributed by atoms with Gasteiger partial charge in [-0.1, -0.05) is 12.2 Å². The summed E-state index contributed by atoms with van der Waals surface area (Å²) in [7, 11) is 0. The maximum atomic E-state index is 11.3. The Balaban J connectivity index is 2.87. The van der Waals surface area contributed by atoms with Crippen LogP contribution in [0, 0.1) is 0 Å². The Hall–Kier alpha value is -1.39. The van der Waals surface area contributed by atoms with Crippen LogP contribution in [0.25, 0.3) is 0 Å². The molecule has 0 atom stereocenters. The van der Waals surface area contributed by atoms with E-state index in [1.165, 1.54) is 6.08 Å². The number of carbonyl (C=O) groups is 1. The SMILES string of the molecule is CCOC(=O)/C=C1/C=C(CO)C(CO)=CCC1. The Kier molecular flexibility index (Phi) is 5.66. The highest BCUT2D eigenvalue weighted by molar-refractivity contribution is 5.83. The standard InChI is InChI=1S/C13H18O4/c1-2-17-13(16)7-10-4-3-5-11(8-14)12(6-10)9-15/h5-7,14-15H,2-4,8-9H2,1H3/b10-7+. The molecule has 1 aliphatic carbocycles. The molecule has 0 amide bonds. The molecule has 0 spiro atoms. The van der Waals surface area contributed by atoms with Gasteiger partial charge in [0.15, 0.2) is 0 Å². The molecule has 17 heavy (non-hydrogen) atoms. The maximum Gasteiger partial charge on any atom is 0.331 e. The fraction of sp³-hybridized carbons (Fsp3) is 0.462.